The molecule has 0 radical (unpaired) electrons. The molecule has 236 valence electrons. The molecule has 9 N–H and O–H groups in total. The molecule has 2 fully saturated rings. The van der Waals surface area contributed by atoms with Crippen LogP contribution in [-0.4, -0.2) is 105 Å². The van der Waals surface area contributed by atoms with Crippen LogP contribution in [-0.2, 0) is 32.0 Å². The number of amides is 1. The van der Waals surface area contributed by atoms with E-state index in [0.29, 0.717) is 0 Å². The maximum atomic E-state index is 14.8. The Labute approximate surface area is 243 Å². The van der Waals surface area contributed by atoms with Crippen LogP contribution in [0.2, 0.25) is 0 Å². The Balaban J connectivity index is 1.15. The van der Waals surface area contributed by atoms with Gasteiger partial charge < -0.3 is 46.0 Å². The largest absolute Gasteiger partial charge is 0.481 e. The van der Waals surface area contributed by atoms with Gasteiger partial charge in [0.05, 0.1) is 19.5 Å². The van der Waals surface area contributed by atoms with Gasteiger partial charge in [-0.2, -0.15) is 4.31 Å². The molecule has 2 unspecified atom stereocenters. The highest BCUT2D eigenvalue weighted by Gasteiger charge is 2.49. The number of aromatic nitrogens is 5. The molecule has 0 spiro atoms. The number of anilines is 1. The number of aliphatic hydroxyl groups excluding tert-OH is 3. The Kier molecular flexibility index (Phi) is 8.95. The van der Waals surface area contributed by atoms with E-state index in [1.165, 1.54) is 16.3 Å². The van der Waals surface area contributed by atoms with E-state index in [4.69, 9.17) is 20.9 Å². The predicted octanol–water partition coefficient (Wildman–Crippen LogP) is -1.33. The minimum atomic E-state index is -5.42. The molecule has 5 rings (SSSR count). The van der Waals surface area contributed by atoms with Crippen LogP contribution in [0, 0.1) is 0 Å². The van der Waals surface area contributed by atoms with Gasteiger partial charge in [0.1, 0.15) is 59.2 Å². The molecule has 1 amide bonds. The molecule has 0 aromatic carbocycles. The molecule has 2 saturated heterocycles. The van der Waals surface area contributed by atoms with Gasteiger partial charge >= 0.3 is 15.6 Å². The lowest BCUT2D eigenvalue weighted by Gasteiger charge is -2.20. The number of aliphatic hydroxyl groups is 3. The SMILES string of the molecule is NC(=O)c1csc([C@@H]2O[C@H](COP(=O)(O)OP(=O)(O)OC[C@H]3O[C@@H](n4cnc5c(N)ncnc54)[C@H](O)[C@@H]3F)[C@@H](O)[C@H]2O)n1. The Morgan fingerprint density at radius 3 is 2.37 bits per heavy atom. The zero-order chi connectivity index (χ0) is 31.3. The van der Waals surface area contributed by atoms with Gasteiger partial charge in [-0.15, -0.1) is 11.3 Å². The smallest absolute Gasteiger partial charge is 0.387 e. The first-order chi connectivity index (χ1) is 20.2. The summed E-state index contributed by atoms with van der Waals surface area (Å²) < 4.78 is 65.0. The number of carbonyl (C=O) groups excluding carboxylic acids is 1. The van der Waals surface area contributed by atoms with Gasteiger partial charge in [0.25, 0.3) is 5.91 Å². The number of fused-ring (bicyclic) bond motifs is 1. The normalized spacial score (nSPS) is 32.1. The van der Waals surface area contributed by atoms with Crippen molar-refractivity contribution < 1.29 is 66.3 Å². The number of nitrogen functional groups attached to an aromatic ring is 1. The summed E-state index contributed by atoms with van der Waals surface area (Å²) in [5, 5.41) is 32.3. The van der Waals surface area contributed by atoms with Gasteiger partial charge in [-0.05, 0) is 0 Å². The maximum absolute atomic E-state index is 14.8. The monoisotopic (exact) mass is 671 g/mol. The molecule has 3 aromatic rings. The van der Waals surface area contributed by atoms with Gasteiger partial charge in [-0.1, -0.05) is 0 Å². The molecule has 0 bridgehead atoms. The van der Waals surface area contributed by atoms with Crippen LogP contribution in [0.15, 0.2) is 18.0 Å². The number of rotatable bonds is 11. The minimum absolute atomic E-state index is 0.0187. The molecule has 3 aromatic heterocycles. The molecule has 2 aliphatic rings. The molecular weight excluding hydrogens is 647 g/mol. The highest BCUT2D eigenvalue weighted by molar-refractivity contribution is 7.61. The second-order valence-corrected chi connectivity index (χ2v) is 13.1. The van der Waals surface area contributed by atoms with Gasteiger partial charge in [0.15, 0.2) is 23.9 Å². The number of hydrogen-bond acceptors (Lipinski definition) is 17. The molecule has 20 nitrogen and oxygen atoms in total. The fraction of sp³-hybridized carbons (Fsp3) is 0.526. The van der Waals surface area contributed by atoms with Gasteiger partial charge in [0.2, 0.25) is 0 Å². The number of hydrogen-bond donors (Lipinski definition) is 7. The van der Waals surface area contributed by atoms with Crippen LogP contribution in [0.25, 0.3) is 11.2 Å². The molecule has 43 heavy (non-hydrogen) atoms. The van der Waals surface area contributed by atoms with Crippen molar-refractivity contribution in [3.05, 3.63) is 28.7 Å². The first kappa shape index (κ1) is 31.9. The topological polar surface area (TPSA) is 307 Å². The molecule has 0 aliphatic carbocycles. The Hall–Kier alpha value is -2.56. The molecule has 24 heteroatoms. The van der Waals surface area contributed by atoms with E-state index >= 15 is 0 Å². The number of ether oxygens (including phenoxy) is 2. The third-order valence-corrected chi connectivity index (χ3v) is 9.85. The molecule has 0 saturated carbocycles. The summed E-state index contributed by atoms with van der Waals surface area (Å²) in [4.78, 5) is 46.8. The summed E-state index contributed by atoms with van der Waals surface area (Å²) in [5.41, 5.74) is 11.0. The fourth-order valence-corrected chi connectivity index (χ4v) is 7.24. The number of halogens is 1. The maximum Gasteiger partial charge on any atom is 0.481 e. The van der Waals surface area contributed by atoms with E-state index in [2.05, 4.69) is 33.3 Å². The van der Waals surface area contributed by atoms with Gasteiger partial charge in [0, 0.05) is 5.38 Å². The minimum Gasteiger partial charge on any atom is -0.387 e. The standard InChI is InChI=1S/C19H24FN7O13P2S/c20-9-7(39-19(12(9)29)27-5-25-10-15(21)23-4-24-17(10)27)1-36-41(32,33)40-42(34,35)37-2-8-11(28)13(30)14(38-8)18-26-6(3-43-18)16(22)31/h3-5,7-9,11-14,19,28-30H,1-2H2,(H2,22,31)(H,32,33)(H,34,35)(H2,21,23,24)/t7-,8-,9-,11-,12-,13-,14-,19-/m1/s1. The van der Waals surface area contributed by atoms with Crippen LogP contribution >= 0.6 is 27.0 Å². The number of nitrogens with two attached hydrogens (primary N) is 2. The summed E-state index contributed by atoms with van der Waals surface area (Å²) in [6.45, 7) is -1.94. The second kappa shape index (κ2) is 12.1. The van der Waals surface area contributed by atoms with Crippen LogP contribution in [0.5, 0.6) is 0 Å². The summed E-state index contributed by atoms with van der Waals surface area (Å²) in [7, 11) is -10.8. The third kappa shape index (κ3) is 6.61. The lowest BCUT2D eigenvalue weighted by molar-refractivity contribution is -0.0493. The van der Waals surface area contributed by atoms with Crippen molar-refractivity contribution in [2.75, 3.05) is 18.9 Å². The number of thiazole rings is 1. The molecular formula is C19H24FN7O13P2S. The summed E-state index contributed by atoms with van der Waals surface area (Å²) >= 11 is 0.899. The highest BCUT2D eigenvalue weighted by Crippen LogP contribution is 2.61. The average Bonchev–Trinajstić information content (AvgIpc) is 3.70. The predicted molar refractivity (Wildman–Crippen MR) is 137 cm³/mol. The first-order valence-electron chi connectivity index (χ1n) is 12.0. The van der Waals surface area contributed by atoms with Gasteiger partial charge in [-0.3, -0.25) is 18.4 Å². The van der Waals surface area contributed by atoms with Crippen LogP contribution in [0.1, 0.15) is 27.8 Å². The van der Waals surface area contributed by atoms with Gasteiger partial charge in [-0.25, -0.2) is 33.5 Å². The second-order valence-electron chi connectivity index (χ2n) is 9.20. The van der Waals surface area contributed by atoms with Crippen LogP contribution < -0.4 is 11.5 Å². The highest BCUT2D eigenvalue weighted by atomic mass is 32.1. The van der Waals surface area contributed by atoms with E-state index < -0.39 is 83.8 Å². The summed E-state index contributed by atoms with van der Waals surface area (Å²) in [6, 6.07) is 0. The number of imidazole rings is 1. The van der Waals surface area contributed by atoms with Crippen molar-refractivity contribution in [3.8, 4) is 0 Å². The number of carbonyl (C=O) groups is 1. The van der Waals surface area contributed by atoms with Crippen molar-refractivity contribution in [1.29, 1.82) is 0 Å². The lowest BCUT2D eigenvalue weighted by atomic mass is 10.1. The number of alkyl halides is 1. The van der Waals surface area contributed by atoms with Crippen molar-refractivity contribution >= 4 is 49.9 Å². The van der Waals surface area contributed by atoms with E-state index in [1.807, 2.05) is 0 Å². The summed E-state index contributed by atoms with van der Waals surface area (Å²) in [5.74, 6) is -0.820. The number of nitrogens with zero attached hydrogens (tertiary/aromatic N) is 5. The third-order valence-electron chi connectivity index (χ3n) is 6.34. The quantitative estimate of drug-likeness (QED) is 0.116. The Bertz CT molecular complexity index is 1600. The first-order valence-corrected chi connectivity index (χ1v) is 15.9. The lowest BCUT2D eigenvalue weighted by Crippen LogP contribution is -2.33. The fourth-order valence-electron chi connectivity index (χ4n) is 4.26. The number of phosphoric ester groups is 2. The summed E-state index contributed by atoms with van der Waals surface area (Å²) in [6.07, 6.45) is -10.7. The van der Waals surface area contributed by atoms with E-state index in [0.717, 1.165) is 17.7 Å². The number of phosphoric acid groups is 2. The molecule has 10 atom stereocenters. The van der Waals surface area contributed by atoms with Crippen molar-refractivity contribution in [3.63, 3.8) is 0 Å². The van der Waals surface area contributed by atoms with Crippen molar-refractivity contribution in [2.24, 2.45) is 5.73 Å². The Morgan fingerprint density at radius 1 is 1.05 bits per heavy atom. The van der Waals surface area contributed by atoms with Crippen molar-refractivity contribution in [2.45, 2.75) is 49.0 Å². The van der Waals surface area contributed by atoms with Crippen LogP contribution in [0.3, 0.4) is 0 Å². The Morgan fingerprint density at radius 2 is 1.72 bits per heavy atom. The number of primary amides is 1. The molecule has 5 heterocycles. The van der Waals surface area contributed by atoms with E-state index in [-0.39, 0.29) is 27.7 Å². The zero-order valence-corrected chi connectivity index (χ0v) is 23.9. The zero-order valence-electron chi connectivity index (χ0n) is 21.3. The van der Waals surface area contributed by atoms with E-state index in [9.17, 15) is 43.4 Å². The molecule has 2 aliphatic heterocycles. The van der Waals surface area contributed by atoms with E-state index in [1.54, 1.807) is 0 Å². The average molecular weight is 671 g/mol. The van der Waals surface area contributed by atoms with Crippen molar-refractivity contribution in [1.82, 2.24) is 24.5 Å². The van der Waals surface area contributed by atoms with Crippen LogP contribution in [0.4, 0.5) is 10.2 Å².